The van der Waals surface area contributed by atoms with Crippen molar-refractivity contribution >= 4 is 12.6 Å². The molecule has 0 rings (SSSR count). The van der Waals surface area contributed by atoms with Crippen molar-refractivity contribution in [3.05, 3.63) is 0 Å². The van der Waals surface area contributed by atoms with E-state index in [-0.39, 0.29) is 0 Å². The van der Waals surface area contributed by atoms with Gasteiger partial charge >= 0.3 is 0 Å². The van der Waals surface area contributed by atoms with Crippen LogP contribution in [-0.2, 0) is 4.74 Å². The van der Waals surface area contributed by atoms with Gasteiger partial charge in [0.25, 0.3) is 0 Å². The van der Waals surface area contributed by atoms with Crippen LogP contribution in [-0.4, -0.2) is 44.5 Å². The Morgan fingerprint density at radius 3 is 2.21 bits per heavy atom. The molecule has 0 heterocycles. The fraction of sp³-hybridized carbons (Fsp3) is 1.00. The van der Waals surface area contributed by atoms with E-state index in [1.807, 2.05) is 0 Å². The van der Waals surface area contributed by atoms with Gasteiger partial charge in [-0.2, -0.15) is 12.6 Å². The van der Waals surface area contributed by atoms with Crippen molar-refractivity contribution in [3.8, 4) is 0 Å². The van der Waals surface area contributed by atoms with E-state index in [0.717, 1.165) is 25.4 Å². The molecule has 0 N–H and O–H groups in total. The van der Waals surface area contributed by atoms with Gasteiger partial charge in [-0.25, -0.2) is 0 Å². The standard InChI is InChI=1S/C11H25NOS/c1-5-11(6-2,10-14)9-12(3)7-8-13-4/h14H,5-10H2,1-4H3. The molecule has 86 valence electrons. The molecule has 0 amide bonds. The molecule has 0 bridgehead atoms. The van der Waals surface area contributed by atoms with Gasteiger partial charge in [0.1, 0.15) is 0 Å². The lowest BCUT2D eigenvalue weighted by atomic mass is 9.84. The van der Waals surface area contributed by atoms with Gasteiger partial charge in [0.05, 0.1) is 6.61 Å². The molecule has 0 spiro atoms. The Kier molecular flexibility index (Phi) is 7.69. The highest BCUT2D eigenvalue weighted by Crippen LogP contribution is 2.28. The Balaban J connectivity index is 4.01. The first kappa shape index (κ1) is 14.3. The highest BCUT2D eigenvalue weighted by atomic mass is 32.1. The summed E-state index contributed by atoms with van der Waals surface area (Å²) >= 11 is 4.47. The average molecular weight is 219 g/mol. The molecule has 0 aromatic carbocycles. The zero-order chi connectivity index (χ0) is 11.0. The first-order valence-corrected chi connectivity index (χ1v) is 6.05. The first-order chi connectivity index (χ1) is 6.64. The summed E-state index contributed by atoms with van der Waals surface area (Å²) in [7, 11) is 3.90. The molecular formula is C11H25NOS. The maximum absolute atomic E-state index is 5.07. The molecule has 0 aromatic rings. The first-order valence-electron chi connectivity index (χ1n) is 5.42. The molecule has 0 saturated heterocycles. The van der Waals surface area contributed by atoms with Gasteiger partial charge in [-0.15, -0.1) is 0 Å². The van der Waals surface area contributed by atoms with Crippen molar-refractivity contribution in [1.82, 2.24) is 4.90 Å². The van der Waals surface area contributed by atoms with Crippen molar-refractivity contribution in [1.29, 1.82) is 0 Å². The van der Waals surface area contributed by atoms with Crippen LogP contribution in [0, 0.1) is 5.41 Å². The van der Waals surface area contributed by atoms with Gasteiger partial charge < -0.3 is 9.64 Å². The molecule has 0 aliphatic rings. The number of methoxy groups -OCH3 is 1. The topological polar surface area (TPSA) is 12.5 Å². The van der Waals surface area contributed by atoms with E-state index < -0.39 is 0 Å². The molecule has 2 nitrogen and oxygen atoms in total. The van der Waals surface area contributed by atoms with E-state index in [1.54, 1.807) is 7.11 Å². The maximum atomic E-state index is 5.07. The zero-order valence-corrected chi connectivity index (χ0v) is 10.9. The van der Waals surface area contributed by atoms with Gasteiger partial charge in [0.2, 0.25) is 0 Å². The van der Waals surface area contributed by atoms with E-state index >= 15 is 0 Å². The number of nitrogens with zero attached hydrogens (tertiary/aromatic N) is 1. The molecule has 0 unspecified atom stereocenters. The lowest BCUT2D eigenvalue weighted by molar-refractivity contribution is 0.128. The minimum atomic E-state index is 0.381. The van der Waals surface area contributed by atoms with Crippen LogP contribution < -0.4 is 0 Å². The quantitative estimate of drug-likeness (QED) is 0.629. The Bertz CT molecular complexity index is 129. The second-order valence-electron chi connectivity index (χ2n) is 4.10. The molecule has 0 fully saturated rings. The summed E-state index contributed by atoms with van der Waals surface area (Å²) in [5.41, 5.74) is 0.381. The van der Waals surface area contributed by atoms with Gasteiger partial charge in [-0.1, -0.05) is 13.8 Å². The summed E-state index contributed by atoms with van der Waals surface area (Å²) < 4.78 is 5.07. The Hall–Kier alpha value is 0.270. The predicted octanol–water partition coefficient (Wildman–Crippen LogP) is 2.30. The van der Waals surface area contributed by atoms with Crippen LogP contribution in [0.1, 0.15) is 26.7 Å². The van der Waals surface area contributed by atoms with Crippen LogP contribution in [0.4, 0.5) is 0 Å². The van der Waals surface area contributed by atoms with Crippen molar-refractivity contribution in [3.63, 3.8) is 0 Å². The number of likely N-dealkylation sites (N-methyl/N-ethyl adjacent to an activating group) is 1. The molecule has 0 aliphatic carbocycles. The van der Waals surface area contributed by atoms with E-state index in [2.05, 4.69) is 38.4 Å². The SMILES string of the molecule is CCC(CC)(CS)CN(C)CCOC. The van der Waals surface area contributed by atoms with Crippen molar-refractivity contribution in [2.45, 2.75) is 26.7 Å². The van der Waals surface area contributed by atoms with E-state index in [1.165, 1.54) is 12.8 Å². The minimum Gasteiger partial charge on any atom is -0.383 e. The van der Waals surface area contributed by atoms with Crippen molar-refractivity contribution in [2.24, 2.45) is 5.41 Å². The number of hydrogen-bond acceptors (Lipinski definition) is 3. The summed E-state index contributed by atoms with van der Waals surface area (Å²) in [6.07, 6.45) is 2.40. The third-order valence-electron chi connectivity index (χ3n) is 3.12. The lowest BCUT2D eigenvalue weighted by Crippen LogP contribution is -2.37. The zero-order valence-electron chi connectivity index (χ0n) is 10.0. The highest BCUT2D eigenvalue weighted by Gasteiger charge is 2.25. The number of ether oxygens (including phenoxy) is 1. The summed E-state index contributed by atoms with van der Waals surface area (Å²) in [6.45, 7) is 7.44. The van der Waals surface area contributed by atoms with Crippen LogP contribution in [0.5, 0.6) is 0 Å². The number of hydrogen-bond donors (Lipinski definition) is 1. The van der Waals surface area contributed by atoms with Gasteiger partial charge in [0, 0.05) is 20.2 Å². The predicted molar refractivity (Wildman–Crippen MR) is 66.2 cm³/mol. The van der Waals surface area contributed by atoms with E-state index in [9.17, 15) is 0 Å². The molecule has 0 saturated carbocycles. The van der Waals surface area contributed by atoms with E-state index in [4.69, 9.17) is 4.74 Å². The summed E-state index contributed by atoms with van der Waals surface area (Å²) in [5.74, 6) is 0.970. The fourth-order valence-corrected chi connectivity index (χ4v) is 2.19. The Morgan fingerprint density at radius 2 is 1.86 bits per heavy atom. The summed E-state index contributed by atoms with van der Waals surface area (Å²) in [5, 5.41) is 0. The second kappa shape index (κ2) is 7.55. The number of thiol groups is 1. The molecule has 0 aliphatic heterocycles. The fourth-order valence-electron chi connectivity index (χ4n) is 1.65. The average Bonchev–Trinajstić information content (AvgIpc) is 2.23. The smallest absolute Gasteiger partial charge is 0.0589 e. The van der Waals surface area contributed by atoms with E-state index in [0.29, 0.717) is 5.41 Å². The Labute approximate surface area is 94.4 Å². The third-order valence-corrected chi connectivity index (χ3v) is 3.79. The van der Waals surface area contributed by atoms with Crippen LogP contribution >= 0.6 is 12.6 Å². The third kappa shape index (κ3) is 4.67. The molecule has 0 atom stereocenters. The highest BCUT2D eigenvalue weighted by molar-refractivity contribution is 7.80. The molecule has 14 heavy (non-hydrogen) atoms. The largest absolute Gasteiger partial charge is 0.383 e. The van der Waals surface area contributed by atoms with Gasteiger partial charge in [-0.3, -0.25) is 0 Å². The summed E-state index contributed by atoms with van der Waals surface area (Å²) in [4.78, 5) is 2.34. The monoisotopic (exact) mass is 219 g/mol. The second-order valence-corrected chi connectivity index (χ2v) is 4.41. The Morgan fingerprint density at radius 1 is 1.29 bits per heavy atom. The van der Waals surface area contributed by atoms with Crippen molar-refractivity contribution in [2.75, 3.05) is 39.6 Å². The van der Waals surface area contributed by atoms with Crippen LogP contribution in [0.3, 0.4) is 0 Å². The molecule has 3 heteroatoms. The maximum Gasteiger partial charge on any atom is 0.0589 e. The molecule has 0 radical (unpaired) electrons. The van der Waals surface area contributed by atoms with Crippen LogP contribution in [0.2, 0.25) is 0 Å². The summed E-state index contributed by atoms with van der Waals surface area (Å²) in [6, 6.07) is 0. The van der Waals surface area contributed by atoms with Crippen LogP contribution in [0.25, 0.3) is 0 Å². The van der Waals surface area contributed by atoms with Crippen LogP contribution in [0.15, 0.2) is 0 Å². The lowest BCUT2D eigenvalue weighted by Gasteiger charge is -2.34. The molecule has 0 aromatic heterocycles. The number of rotatable bonds is 8. The normalized spacial score (nSPS) is 12.4. The van der Waals surface area contributed by atoms with Gasteiger partial charge in [-0.05, 0) is 31.1 Å². The minimum absolute atomic E-state index is 0.381. The van der Waals surface area contributed by atoms with Gasteiger partial charge in [0.15, 0.2) is 0 Å². The molecular weight excluding hydrogens is 194 g/mol. The van der Waals surface area contributed by atoms with Crippen molar-refractivity contribution < 1.29 is 4.74 Å².